The fourth-order valence-electron chi connectivity index (χ4n) is 1.90. The van der Waals surface area contributed by atoms with Gasteiger partial charge in [-0.05, 0) is 48.9 Å². The topological polar surface area (TPSA) is 41.1 Å². The molecule has 5 heteroatoms. The van der Waals surface area contributed by atoms with Crippen molar-refractivity contribution in [1.29, 1.82) is 0 Å². The predicted octanol–water partition coefficient (Wildman–Crippen LogP) is 4.08. The van der Waals surface area contributed by atoms with Gasteiger partial charge in [-0.1, -0.05) is 11.6 Å². The van der Waals surface area contributed by atoms with E-state index in [0.29, 0.717) is 11.3 Å². The molecule has 0 aliphatic rings. The minimum atomic E-state index is -0.491. The van der Waals surface area contributed by atoms with Gasteiger partial charge in [0.15, 0.2) is 0 Å². The van der Waals surface area contributed by atoms with E-state index in [1.54, 1.807) is 12.1 Å². The van der Waals surface area contributed by atoms with Crippen molar-refractivity contribution in [2.45, 2.75) is 6.92 Å². The molecule has 0 spiro atoms. The average molecular weight is 293 g/mol. The molecule has 0 heterocycles. The van der Waals surface area contributed by atoms with Gasteiger partial charge in [-0.3, -0.25) is 4.79 Å². The Morgan fingerprint density at radius 3 is 2.50 bits per heavy atom. The summed E-state index contributed by atoms with van der Waals surface area (Å²) >= 11 is 5.75. The molecule has 0 aliphatic carbocycles. The molecule has 3 nitrogen and oxygen atoms in total. The van der Waals surface area contributed by atoms with Gasteiger partial charge in [-0.2, -0.15) is 0 Å². The number of aryl methyl sites for hydroxylation is 1. The van der Waals surface area contributed by atoms with E-state index in [-0.39, 0.29) is 10.9 Å². The van der Waals surface area contributed by atoms with Gasteiger partial charge >= 0.3 is 0 Å². The molecule has 0 aliphatic heterocycles. The summed E-state index contributed by atoms with van der Waals surface area (Å²) in [6.07, 6.45) is 0. The van der Waals surface area contributed by atoms with Crippen LogP contribution in [0.1, 0.15) is 15.9 Å². The fraction of sp³-hybridized carbons (Fsp3) is 0.133. The Balaban J connectivity index is 2.23. The molecule has 0 radical (unpaired) electrons. The molecule has 0 fully saturated rings. The van der Waals surface area contributed by atoms with E-state index in [1.807, 2.05) is 20.0 Å². The van der Waals surface area contributed by atoms with Crippen LogP contribution in [0.25, 0.3) is 0 Å². The zero-order valence-electron chi connectivity index (χ0n) is 11.1. The molecule has 2 aromatic carbocycles. The summed E-state index contributed by atoms with van der Waals surface area (Å²) in [5, 5.41) is 5.87. The quantitative estimate of drug-likeness (QED) is 0.895. The minimum absolute atomic E-state index is 0.238. The van der Waals surface area contributed by atoms with Crippen LogP contribution >= 0.6 is 11.6 Å². The Morgan fingerprint density at radius 1 is 1.15 bits per heavy atom. The average Bonchev–Trinajstić information content (AvgIpc) is 2.36. The van der Waals surface area contributed by atoms with Crippen LogP contribution in [-0.2, 0) is 0 Å². The number of hydrogen-bond acceptors (Lipinski definition) is 2. The number of anilines is 2. The standard InChI is InChI=1S/C15H14ClFN2O/c1-9-5-12(18-2)3-4-14(9)15(20)19-13-7-10(16)6-11(17)8-13/h3-8,18H,1-2H3,(H,19,20). The van der Waals surface area contributed by atoms with Crippen LogP contribution < -0.4 is 10.6 Å². The van der Waals surface area contributed by atoms with Crippen LogP contribution in [0.4, 0.5) is 15.8 Å². The van der Waals surface area contributed by atoms with Crippen LogP contribution in [0.2, 0.25) is 5.02 Å². The molecule has 2 N–H and O–H groups in total. The zero-order chi connectivity index (χ0) is 14.7. The van der Waals surface area contributed by atoms with Crippen LogP contribution in [0.3, 0.4) is 0 Å². The highest BCUT2D eigenvalue weighted by Crippen LogP contribution is 2.20. The molecule has 0 unspecified atom stereocenters. The lowest BCUT2D eigenvalue weighted by Gasteiger charge is -2.10. The molecule has 0 saturated heterocycles. The van der Waals surface area contributed by atoms with E-state index in [4.69, 9.17) is 11.6 Å². The summed E-state index contributed by atoms with van der Waals surface area (Å²) in [5.41, 5.74) is 2.62. The highest BCUT2D eigenvalue weighted by atomic mass is 35.5. The SMILES string of the molecule is CNc1ccc(C(=O)Nc2cc(F)cc(Cl)c2)c(C)c1. The number of benzene rings is 2. The molecule has 0 atom stereocenters. The van der Waals surface area contributed by atoms with Crippen LogP contribution in [0.5, 0.6) is 0 Å². The lowest BCUT2D eigenvalue weighted by Crippen LogP contribution is -2.13. The first kappa shape index (κ1) is 14.3. The molecule has 1 amide bonds. The van der Waals surface area contributed by atoms with Crippen molar-refractivity contribution in [2.24, 2.45) is 0 Å². The molecule has 2 rings (SSSR count). The van der Waals surface area contributed by atoms with Crippen molar-refractivity contribution < 1.29 is 9.18 Å². The molecule has 0 saturated carbocycles. The first-order valence-corrected chi connectivity index (χ1v) is 6.43. The van der Waals surface area contributed by atoms with Gasteiger partial charge in [0.2, 0.25) is 0 Å². The smallest absolute Gasteiger partial charge is 0.255 e. The summed E-state index contributed by atoms with van der Waals surface area (Å²) in [4.78, 5) is 12.2. The third-order valence-corrected chi connectivity index (χ3v) is 3.10. The van der Waals surface area contributed by atoms with E-state index in [1.165, 1.54) is 18.2 Å². The van der Waals surface area contributed by atoms with Gasteiger partial charge < -0.3 is 10.6 Å². The third-order valence-electron chi connectivity index (χ3n) is 2.88. The lowest BCUT2D eigenvalue weighted by molar-refractivity contribution is 0.102. The van der Waals surface area contributed by atoms with Crippen molar-refractivity contribution in [3.8, 4) is 0 Å². The molecule has 0 aromatic heterocycles. The second kappa shape index (κ2) is 5.92. The third kappa shape index (κ3) is 3.27. The fourth-order valence-corrected chi connectivity index (χ4v) is 2.12. The molecule has 104 valence electrons. The van der Waals surface area contributed by atoms with Gasteiger partial charge in [0, 0.05) is 29.0 Å². The second-order valence-electron chi connectivity index (χ2n) is 4.39. The van der Waals surface area contributed by atoms with Gasteiger partial charge in [0.1, 0.15) is 5.82 Å². The normalized spacial score (nSPS) is 10.2. The number of amides is 1. The van der Waals surface area contributed by atoms with E-state index < -0.39 is 5.82 Å². The Morgan fingerprint density at radius 2 is 1.90 bits per heavy atom. The molecular formula is C15H14ClFN2O. The largest absolute Gasteiger partial charge is 0.388 e. The Kier molecular flexibility index (Phi) is 4.25. The lowest BCUT2D eigenvalue weighted by atomic mass is 10.1. The van der Waals surface area contributed by atoms with Gasteiger partial charge in [-0.25, -0.2) is 4.39 Å². The van der Waals surface area contributed by atoms with Gasteiger partial charge in [0.05, 0.1) is 0 Å². The first-order valence-electron chi connectivity index (χ1n) is 6.05. The molecular weight excluding hydrogens is 279 g/mol. The number of halogens is 2. The highest BCUT2D eigenvalue weighted by Gasteiger charge is 2.10. The number of carbonyl (C=O) groups is 1. The van der Waals surface area contributed by atoms with Crippen LogP contribution in [0, 0.1) is 12.7 Å². The number of hydrogen-bond donors (Lipinski definition) is 2. The molecule has 2 aromatic rings. The molecule has 0 bridgehead atoms. The maximum Gasteiger partial charge on any atom is 0.255 e. The Labute approximate surface area is 121 Å². The minimum Gasteiger partial charge on any atom is -0.388 e. The first-order chi connectivity index (χ1) is 9.49. The van der Waals surface area contributed by atoms with E-state index >= 15 is 0 Å². The molecule has 20 heavy (non-hydrogen) atoms. The van der Waals surface area contributed by atoms with E-state index in [0.717, 1.165) is 11.3 Å². The van der Waals surface area contributed by atoms with Crippen molar-refractivity contribution in [1.82, 2.24) is 0 Å². The van der Waals surface area contributed by atoms with Crippen molar-refractivity contribution in [3.63, 3.8) is 0 Å². The van der Waals surface area contributed by atoms with Crippen molar-refractivity contribution >= 4 is 28.9 Å². The summed E-state index contributed by atoms with van der Waals surface area (Å²) in [6.45, 7) is 1.84. The summed E-state index contributed by atoms with van der Waals surface area (Å²) < 4.78 is 13.2. The predicted molar refractivity (Wildman–Crippen MR) is 80.1 cm³/mol. The maximum atomic E-state index is 13.2. The van der Waals surface area contributed by atoms with Crippen LogP contribution in [-0.4, -0.2) is 13.0 Å². The van der Waals surface area contributed by atoms with Crippen molar-refractivity contribution in [3.05, 3.63) is 58.4 Å². The summed E-state index contributed by atoms with van der Waals surface area (Å²) in [6, 6.07) is 9.30. The second-order valence-corrected chi connectivity index (χ2v) is 4.83. The number of nitrogens with one attached hydrogen (secondary N) is 2. The zero-order valence-corrected chi connectivity index (χ0v) is 11.9. The Hall–Kier alpha value is -2.07. The van der Waals surface area contributed by atoms with E-state index in [2.05, 4.69) is 10.6 Å². The monoisotopic (exact) mass is 292 g/mol. The van der Waals surface area contributed by atoms with E-state index in [9.17, 15) is 9.18 Å². The van der Waals surface area contributed by atoms with Crippen molar-refractivity contribution in [2.75, 3.05) is 17.7 Å². The summed E-state index contributed by atoms with van der Waals surface area (Å²) in [5.74, 6) is -0.790. The highest BCUT2D eigenvalue weighted by molar-refractivity contribution is 6.31. The maximum absolute atomic E-state index is 13.2. The van der Waals surface area contributed by atoms with Gasteiger partial charge in [-0.15, -0.1) is 0 Å². The number of rotatable bonds is 3. The number of carbonyl (C=O) groups excluding carboxylic acids is 1. The van der Waals surface area contributed by atoms with Gasteiger partial charge in [0.25, 0.3) is 5.91 Å². The summed E-state index contributed by atoms with van der Waals surface area (Å²) in [7, 11) is 1.81. The Bertz CT molecular complexity index is 638. The van der Waals surface area contributed by atoms with Crippen LogP contribution in [0.15, 0.2) is 36.4 Å².